The Hall–Kier alpha value is -2.56. The van der Waals surface area contributed by atoms with Gasteiger partial charge in [-0.1, -0.05) is 26.3 Å². The van der Waals surface area contributed by atoms with E-state index >= 15 is 0 Å². The maximum Gasteiger partial charge on any atom is 0.240 e. The molecule has 0 radical (unpaired) electrons. The second kappa shape index (κ2) is 16.2. The van der Waals surface area contributed by atoms with E-state index in [1.54, 1.807) is 25.1 Å². The number of aliphatic hydroxyl groups excluding tert-OH is 1. The number of carbonyl (C=O) groups excluding carboxylic acids is 3. The van der Waals surface area contributed by atoms with Crippen molar-refractivity contribution in [1.29, 1.82) is 0 Å². The molecular formula is C25H41FN4O5. The van der Waals surface area contributed by atoms with E-state index in [0.717, 1.165) is 18.3 Å². The summed E-state index contributed by atoms with van der Waals surface area (Å²) in [5.74, 6) is -0.516. The topological polar surface area (TPSA) is 120 Å². The van der Waals surface area contributed by atoms with E-state index in [-0.39, 0.29) is 31.0 Å². The highest BCUT2D eigenvalue weighted by Crippen LogP contribution is 2.21. The molecule has 0 saturated carbocycles. The predicted molar refractivity (Wildman–Crippen MR) is 133 cm³/mol. The molecule has 0 aliphatic carbocycles. The summed E-state index contributed by atoms with van der Waals surface area (Å²) in [4.78, 5) is 37.0. The average molecular weight is 497 g/mol. The molecule has 4 unspecified atom stereocenters. The fraction of sp³-hybridized carbons (Fsp3) is 0.640. The Morgan fingerprint density at radius 3 is 2.51 bits per heavy atom. The van der Waals surface area contributed by atoms with E-state index in [4.69, 9.17) is 4.74 Å². The Kier molecular flexibility index (Phi) is 14.1. The number of hydrogen-bond donors (Lipinski definition) is 4. The molecule has 0 aliphatic heterocycles. The van der Waals surface area contributed by atoms with Gasteiger partial charge in [0, 0.05) is 19.2 Å². The first-order chi connectivity index (χ1) is 16.6. The molecule has 198 valence electrons. The Balaban J connectivity index is 2.45. The highest BCUT2D eigenvalue weighted by molar-refractivity contribution is 5.87. The number of nitrogens with one attached hydrogen (secondary N) is 3. The maximum absolute atomic E-state index is 13.7. The number of aldehydes is 1. The molecule has 35 heavy (non-hydrogen) atoms. The summed E-state index contributed by atoms with van der Waals surface area (Å²) in [6.45, 7) is 6.46. The van der Waals surface area contributed by atoms with Crippen LogP contribution in [0.25, 0.3) is 0 Å². The Bertz CT molecular complexity index is 798. The van der Waals surface area contributed by atoms with Crippen molar-refractivity contribution in [1.82, 2.24) is 20.9 Å². The van der Waals surface area contributed by atoms with Gasteiger partial charge in [0.05, 0.1) is 18.7 Å². The Morgan fingerprint density at radius 1 is 1.20 bits per heavy atom. The molecule has 2 amide bonds. The molecule has 0 fully saturated rings. The monoisotopic (exact) mass is 496 g/mol. The summed E-state index contributed by atoms with van der Waals surface area (Å²) in [7, 11) is 3.35. The fourth-order valence-corrected chi connectivity index (χ4v) is 3.62. The van der Waals surface area contributed by atoms with Crippen LogP contribution in [0.15, 0.2) is 18.2 Å². The maximum atomic E-state index is 13.7. The van der Waals surface area contributed by atoms with E-state index < -0.39 is 23.9 Å². The minimum absolute atomic E-state index is 0.188. The molecule has 0 spiro atoms. The first-order valence-corrected chi connectivity index (χ1v) is 12.1. The normalized spacial score (nSPS) is 14.6. The van der Waals surface area contributed by atoms with Crippen LogP contribution in [-0.2, 0) is 20.8 Å². The van der Waals surface area contributed by atoms with Crippen LogP contribution in [-0.4, -0.2) is 86.6 Å². The first kappa shape index (κ1) is 30.5. The lowest BCUT2D eigenvalue weighted by Gasteiger charge is -2.25. The molecule has 4 N–H and O–H groups in total. The van der Waals surface area contributed by atoms with E-state index in [1.165, 1.54) is 19.1 Å². The van der Waals surface area contributed by atoms with Crippen molar-refractivity contribution in [3.63, 3.8) is 0 Å². The van der Waals surface area contributed by atoms with Crippen LogP contribution in [0, 0.1) is 11.7 Å². The van der Waals surface area contributed by atoms with Gasteiger partial charge in [0.1, 0.15) is 30.5 Å². The molecule has 0 aromatic heterocycles. The largest absolute Gasteiger partial charge is 0.492 e. The lowest BCUT2D eigenvalue weighted by atomic mass is 10.0. The van der Waals surface area contributed by atoms with Crippen LogP contribution in [0.5, 0.6) is 5.75 Å². The van der Waals surface area contributed by atoms with Crippen LogP contribution in [0.1, 0.15) is 39.2 Å². The van der Waals surface area contributed by atoms with Crippen molar-refractivity contribution in [2.24, 2.45) is 5.92 Å². The van der Waals surface area contributed by atoms with Crippen LogP contribution >= 0.6 is 0 Å². The van der Waals surface area contributed by atoms with Gasteiger partial charge >= 0.3 is 0 Å². The van der Waals surface area contributed by atoms with E-state index in [2.05, 4.69) is 16.0 Å². The van der Waals surface area contributed by atoms with Crippen molar-refractivity contribution >= 4 is 18.1 Å². The van der Waals surface area contributed by atoms with Gasteiger partial charge in [0.25, 0.3) is 0 Å². The van der Waals surface area contributed by atoms with Gasteiger partial charge in [-0.3, -0.25) is 14.5 Å². The number of benzene rings is 1. The van der Waals surface area contributed by atoms with Crippen molar-refractivity contribution in [2.75, 3.05) is 40.3 Å². The number of aliphatic hydroxyl groups is 1. The third kappa shape index (κ3) is 11.1. The zero-order valence-corrected chi connectivity index (χ0v) is 21.5. The molecule has 0 heterocycles. The predicted octanol–water partition coefficient (Wildman–Crippen LogP) is 0.884. The van der Waals surface area contributed by atoms with Gasteiger partial charge in [-0.15, -0.1) is 0 Å². The summed E-state index contributed by atoms with van der Waals surface area (Å²) in [6, 6.07) is 3.37. The van der Waals surface area contributed by atoms with Gasteiger partial charge in [0.2, 0.25) is 11.8 Å². The summed E-state index contributed by atoms with van der Waals surface area (Å²) in [6.07, 6.45) is 2.06. The molecular weight excluding hydrogens is 455 g/mol. The quantitative estimate of drug-likeness (QED) is 0.187. The molecule has 9 nitrogen and oxygen atoms in total. The first-order valence-electron chi connectivity index (χ1n) is 12.1. The van der Waals surface area contributed by atoms with E-state index in [0.29, 0.717) is 31.7 Å². The second-order valence-electron chi connectivity index (χ2n) is 8.92. The molecule has 4 atom stereocenters. The number of rotatable bonds is 17. The lowest BCUT2D eigenvalue weighted by molar-refractivity contribution is -0.131. The summed E-state index contributed by atoms with van der Waals surface area (Å²) in [5.41, 5.74) is 0.813. The minimum atomic E-state index is -0.873. The smallest absolute Gasteiger partial charge is 0.240 e. The average Bonchev–Trinajstić information content (AvgIpc) is 2.80. The third-order valence-electron chi connectivity index (χ3n) is 5.82. The molecule has 1 aromatic carbocycles. The number of amides is 2. The number of nitrogens with zero attached hydrogens (tertiary/aromatic N) is 1. The highest BCUT2D eigenvalue weighted by Gasteiger charge is 2.25. The Morgan fingerprint density at radius 2 is 1.91 bits per heavy atom. The van der Waals surface area contributed by atoms with Gasteiger partial charge in [-0.2, -0.15) is 0 Å². The second-order valence-corrected chi connectivity index (χ2v) is 8.92. The zero-order chi connectivity index (χ0) is 26.4. The third-order valence-corrected chi connectivity index (χ3v) is 5.82. The van der Waals surface area contributed by atoms with Crippen LogP contribution in [0.4, 0.5) is 4.39 Å². The number of halogens is 1. The van der Waals surface area contributed by atoms with Crippen molar-refractivity contribution in [2.45, 2.75) is 58.2 Å². The van der Waals surface area contributed by atoms with Crippen LogP contribution < -0.4 is 20.7 Å². The number of aryl methyl sites for hydroxylation is 1. The molecule has 10 heteroatoms. The molecule has 0 saturated heterocycles. The molecule has 0 bridgehead atoms. The number of ether oxygens (including phenoxy) is 1. The number of hydrogen-bond acceptors (Lipinski definition) is 7. The lowest BCUT2D eigenvalue weighted by Crippen LogP contribution is -2.51. The van der Waals surface area contributed by atoms with Crippen LogP contribution in [0.2, 0.25) is 0 Å². The zero-order valence-electron chi connectivity index (χ0n) is 21.5. The van der Waals surface area contributed by atoms with Crippen molar-refractivity contribution in [3.8, 4) is 5.75 Å². The van der Waals surface area contributed by atoms with Crippen molar-refractivity contribution in [3.05, 3.63) is 29.6 Å². The minimum Gasteiger partial charge on any atom is -0.492 e. The van der Waals surface area contributed by atoms with Gasteiger partial charge in [-0.05, 0) is 51.4 Å². The van der Waals surface area contributed by atoms with Gasteiger partial charge in [-0.25, -0.2) is 4.39 Å². The summed E-state index contributed by atoms with van der Waals surface area (Å²) < 4.78 is 19.5. The summed E-state index contributed by atoms with van der Waals surface area (Å²) >= 11 is 0. The number of likely N-dealkylation sites (N-methyl/N-ethyl adjacent to an activating group) is 1. The molecule has 1 rings (SSSR count). The highest BCUT2D eigenvalue weighted by atomic mass is 19.1. The van der Waals surface area contributed by atoms with E-state index in [9.17, 15) is 23.9 Å². The summed E-state index contributed by atoms with van der Waals surface area (Å²) in [5, 5.41) is 18.1. The Labute approximate surface area is 207 Å². The van der Waals surface area contributed by atoms with Crippen molar-refractivity contribution < 1.29 is 28.6 Å². The van der Waals surface area contributed by atoms with E-state index in [1.807, 2.05) is 13.8 Å². The SMILES string of the molecule is CCC(C)C(C=O)NCCOc1cc(F)ccc1CCCNC(=O)CNC(=O)C(C(C)O)N(C)C. The van der Waals surface area contributed by atoms with Crippen LogP contribution in [0.3, 0.4) is 0 Å². The molecule has 1 aromatic rings. The fourth-order valence-electron chi connectivity index (χ4n) is 3.62. The van der Waals surface area contributed by atoms with Gasteiger partial charge < -0.3 is 30.6 Å². The number of carbonyl (C=O) groups is 3. The standard InChI is InChI=1S/C25H41FN4O5/c1-6-17(2)21(16-31)27-12-13-35-22-14-20(26)10-9-19(22)8-7-11-28-23(33)15-29-25(34)24(18(3)32)30(4)5/h9-10,14,16-18,21,24,27,32H,6-8,11-13,15H2,1-5H3,(H,28,33)(H,29,34). The molecule has 0 aliphatic rings. The van der Waals surface area contributed by atoms with Gasteiger partial charge in [0.15, 0.2) is 0 Å².